The predicted octanol–water partition coefficient (Wildman–Crippen LogP) is -4.12. The summed E-state index contributed by atoms with van der Waals surface area (Å²) in [7, 11) is 1.26. The minimum atomic E-state index is 0. The van der Waals surface area contributed by atoms with Crippen molar-refractivity contribution in [2.45, 2.75) is 0 Å². The van der Waals surface area contributed by atoms with Crippen LogP contribution in [0, 0.1) is 0 Å². The zero-order valence-corrected chi connectivity index (χ0v) is 5.82. The van der Waals surface area contributed by atoms with Gasteiger partial charge in [0.1, 0.15) is 0 Å². The smallest absolute Gasteiger partial charge is 0.655 e. The molecule has 0 aromatic carbocycles. The SMILES string of the molecule is CO[C-]=O.O.[Na+]. The summed E-state index contributed by atoms with van der Waals surface area (Å²) in [4.78, 5) is 8.83. The van der Waals surface area contributed by atoms with Gasteiger partial charge in [0.15, 0.2) is 0 Å². The van der Waals surface area contributed by atoms with Gasteiger partial charge in [-0.05, 0) is 0 Å². The third-order valence-corrected chi connectivity index (χ3v) is 0.0833. The Morgan fingerprint density at radius 1 is 1.67 bits per heavy atom. The molecule has 0 spiro atoms. The van der Waals surface area contributed by atoms with Gasteiger partial charge in [0.2, 0.25) is 0 Å². The fourth-order valence-corrected chi connectivity index (χ4v) is 0. The van der Waals surface area contributed by atoms with Gasteiger partial charge < -0.3 is 15.0 Å². The van der Waals surface area contributed by atoms with Gasteiger partial charge in [0.05, 0.1) is 0 Å². The number of ether oxygens (including phenoxy) is 1. The Morgan fingerprint density at radius 2 is 1.83 bits per heavy atom. The molecule has 2 N–H and O–H groups in total. The van der Waals surface area contributed by atoms with Gasteiger partial charge in [-0.2, -0.15) is 0 Å². The number of hydrogen-bond donors (Lipinski definition) is 0. The zero-order chi connectivity index (χ0) is 3.41. The van der Waals surface area contributed by atoms with E-state index in [-0.39, 0.29) is 35.0 Å². The van der Waals surface area contributed by atoms with E-state index < -0.39 is 0 Å². The third kappa shape index (κ3) is 25.5. The molecule has 0 aliphatic rings. The molecule has 0 heterocycles. The van der Waals surface area contributed by atoms with E-state index in [0.717, 1.165) is 0 Å². The van der Waals surface area contributed by atoms with Gasteiger partial charge >= 0.3 is 29.6 Å². The molecular weight excluding hydrogens is 95.0 g/mol. The Balaban J connectivity index is -0.0000000450. The predicted molar refractivity (Wildman–Crippen MR) is 16.3 cm³/mol. The summed E-state index contributed by atoms with van der Waals surface area (Å²) in [5.74, 6) is 0. The van der Waals surface area contributed by atoms with E-state index >= 15 is 0 Å². The van der Waals surface area contributed by atoms with Crippen LogP contribution in [-0.2, 0) is 9.53 Å². The fraction of sp³-hybridized carbons (Fsp3) is 0.500. The first-order valence-corrected chi connectivity index (χ1v) is 0.816. The van der Waals surface area contributed by atoms with Gasteiger partial charge in [-0.15, -0.1) is 0 Å². The molecule has 0 fully saturated rings. The molecule has 32 valence electrons. The van der Waals surface area contributed by atoms with Crippen molar-refractivity contribution >= 4 is 6.47 Å². The number of rotatable bonds is 1. The molecule has 0 rings (SSSR count). The summed E-state index contributed by atoms with van der Waals surface area (Å²) in [6.07, 6.45) is 0. The molecule has 0 atom stereocenters. The molecular formula is C2H5NaO3. The molecule has 0 amide bonds. The average Bonchev–Trinajstić information content (AvgIpc) is 1.37. The van der Waals surface area contributed by atoms with Gasteiger partial charge in [-0.25, -0.2) is 0 Å². The minimum absolute atomic E-state index is 0. The van der Waals surface area contributed by atoms with Crippen molar-refractivity contribution in [3.63, 3.8) is 0 Å². The van der Waals surface area contributed by atoms with E-state index in [1.54, 1.807) is 0 Å². The Labute approximate surface area is 58.3 Å². The maximum atomic E-state index is 8.83. The fourth-order valence-electron chi connectivity index (χ4n) is 0. The monoisotopic (exact) mass is 100 g/mol. The Bertz CT molecular complexity index is 22.8. The Kier molecular flexibility index (Phi) is 48.5. The summed E-state index contributed by atoms with van der Waals surface area (Å²) in [5.41, 5.74) is 0. The molecule has 0 saturated heterocycles. The van der Waals surface area contributed by atoms with Crippen LogP contribution in [0.5, 0.6) is 0 Å². The van der Waals surface area contributed by atoms with Crippen LogP contribution >= 0.6 is 0 Å². The quantitative estimate of drug-likeness (QED) is 0.248. The molecule has 6 heavy (non-hydrogen) atoms. The number of hydrogen-bond acceptors (Lipinski definition) is 2. The van der Waals surface area contributed by atoms with Crippen molar-refractivity contribution in [1.29, 1.82) is 0 Å². The first kappa shape index (κ1) is 16.1. The van der Waals surface area contributed by atoms with Gasteiger partial charge in [0.25, 0.3) is 0 Å². The van der Waals surface area contributed by atoms with Crippen LogP contribution < -0.4 is 29.6 Å². The average molecular weight is 100 g/mol. The van der Waals surface area contributed by atoms with Gasteiger partial charge in [-0.3, -0.25) is 0 Å². The summed E-state index contributed by atoms with van der Waals surface area (Å²) >= 11 is 0. The number of carbonyl (C=O) groups excluding carboxylic acids is 1. The summed E-state index contributed by atoms with van der Waals surface area (Å²) < 4.78 is 3.74. The van der Waals surface area contributed by atoms with Crippen molar-refractivity contribution in [3.8, 4) is 0 Å². The second-order valence-corrected chi connectivity index (χ2v) is 0.287. The van der Waals surface area contributed by atoms with Crippen LogP contribution in [0.15, 0.2) is 0 Å². The summed E-state index contributed by atoms with van der Waals surface area (Å²) in [6.45, 7) is 1.18. The van der Waals surface area contributed by atoms with E-state index in [4.69, 9.17) is 4.79 Å². The third-order valence-electron chi connectivity index (χ3n) is 0.0833. The maximum Gasteiger partial charge on any atom is 1.00 e. The van der Waals surface area contributed by atoms with Gasteiger partial charge in [0, 0.05) is 7.11 Å². The summed E-state index contributed by atoms with van der Waals surface area (Å²) in [5, 5.41) is 0. The Morgan fingerprint density at radius 3 is 1.83 bits per heavy atom. The normalized spacial score (nSPS) is 3.50. The number of methoxy groups -OCH3 is 1. The zero-order valence-electron chi connectivity index (χ0n) is 3.82. The van der Waals surface area contributed by atoms with Crippen molar-refractivity contribution < 1.29 is 44.6 Å². The van der Waals surface area contributed by atoms with Crippen LogP contribution in [0.1, 0.15) is 0 Å². The largest absolute Gasteiger partial charge is 1.00 e. The first-order valence-electron chi connectivity index (χ1n) is 0.816. The topological polar surface area (TPSA) is 57.8 Å². The van der Waals surface area contributed by atoms with Crippen LogP contribution in [-0.4, -0.2) is 19.1 Å². The van der Waals surface area contributed by atoms with E-state index in [1.165, 1.54) is 13.6 Å². The second-order valence-electron chi connectivity index (χ2n) is 0.287. The summed E-state index contributed by atoms with van der Waals surface area (Å²) in [6, 6.07) is 0. The Hall–Kier alpha value is 0.430. The molecule has 0 aromatic heterocycles. The van der Waals surface area contributed by atoms with Crippen molar-refractivity contribution in [2.75, 3.05) is 7.11 Å². The minimum Gasteiger partial charge on any atom is -0.655 e. The van der Waals surface area contributed by atoms with Gasteiger partial charge in [-0.1, -0.05) is 6.47 Å². The van der Waals surface area contributed by atoms with Crippen molar-refractivity contribution in [3.05, 3.63) is 0 Å². The van der Waals surface area contributed by atoms with Crippen molar-refractivity contribution in [1.82, 2.24) is 0 Å². The van der Waals surface area contributed by atoms with Crippen LogP contribution in [0.25, 0.3) is 0 Å². The van der Waals surface area contributed by atoms with E-state index in [2.05, 4.69) is 4.74 Å². The maximum absolute atomic E-state index is 8.83. The van der Waals surface area contributed by atoms with E-state index in [0.29, 0.717) is 0 Å². The van der Waals surface area contributed by atoms with E-state index in [1.807, 2.05) is 0 Å². The van der Waals surface area contributed by atoms with E-state index in [9.17, 15) is 0 Å². The molecule has 0 unspecified atom stereocenters. The molecule has 0 aliphatic carbocycles. The standard InChI is InChI=1S/C2H3O2.Na.H2O/c1-4-2-3;;/h1H3;;1H2/q-1;+1;. The molecule has 0 aromatic rings. The molecule has 0 bridgehead atoms. The molecule has 0 radical (unpaired) electrons. The molecule has 4 heteroatoms. The molecule has 0 aliphatic heterocycles. The van der Waals surface area contributed by atoms with Crippen LogP contribution in [0.4, 0.5) is 0 Å². The van der Waals surface area contributed by atoms with Crippen LogP contribution in [0.2, 0.25) is 0 Å². The molecule has 0 saturated carbocycles. The molecule has 3 nitrogen and oxygen atoms in total. The first-order chi connectivity index (χ1) is 1.91. The second kappa shape index (κ2) is 18.0. The van der Waals surface area contributed by atoms with Crippen LogP contribution in [0.3, 0.4) is 0 Å². The van der Waals surface area contributed by atoms with Crippen molar-refractivity contribution in [2.24, 2.45) is 0 Å².